The van der Waals surface area contributed by atoms with Crippen LogP contribution >= 0.6 is 0 Å². The Labute approximate surface area is 79.9 Å². The summed E-state index contributed by atoms with van der Waals surface area (Å²) in [6, 6.07) is 0.431. The molecule has 0 aliphatic rings. The van der Waals surface area contributed by atoms with Gasteiger partial charge in [0.05, 0.1) is 6.04 Å². The second-order valence-corrected chi connectivity index (χ2v) is 3.80. The SMILES string of the molecule is CCC(C)C(C)n1cc(C)c(N)n1. The van der Waals surface area contributed by atoms with Gasteiger partial charge in [0.15, 0.2) is 0 Å². The van der Waals surface area contributed by atoms with Crippen LogP contribution in [0.5, 0.6) is 0 Å². The van der Waals surface area contributed by atoms with Crippen molar-refractivity contribution in [3.63, 3.8) is 0 Å². The number of hydrogen-bond acceptors (Lipinski definition) is 2. The van der Waals surface area contributed by atoms with Crippen LogP contribution in [-0.2, 0) is 0 Å². The van der Waals surface area contributed by atoms with Crippen molar-refractivity contribution in [2.75, 3.05) is 5.73 Å². The molecule has 1 rings (SSSR count). The number of hydrogen-bond donors (Lipinski definition) is 1. The minimum absolute atomic E-state index is 0.431. The maximum absolute atomic E-state index is 5.69. The van der Waals surface area contributed by atoms with E-state index in [1.54, 1.807) is 0 Å². The summed E-state index contributed by atoms with van der Waals surface area (Å²) in [7, 11) is 0. The predicted molar refractivity (Wildman–Crippen MR) is 55.5 cm³/mol. The fraction of sp³-hybridized carbons (Fsp3) is 0.700. The van der Waals surface area contributed by atoms with E-state index >= 15 is 0 Å². The third-order valence-corrected chi connectivity index (χ3v) is 2.84. The van der Waals surface area contributed by atoms with Gasteiger partial charge in [-0.25, -0.2) is 0 Å². The van der Waals surface area contributed by atoms with Crippen molar-refractivity contribution < 1.29 is 0 Å². The van der Waals surface area contributed by atoms with E-state index in [1.807, 2.05) is 17.8 Å². The molecule has 1 aromatic heterocycles. The Morgan fingerprint density at radius 1 is 1.54 bits per heavy atom. The van der Waals surface area contributed by atoms with Crippen molar-refractivity contribution in [2.24, 2.45) is 5.92 Å². The Morgan fingerprint density at radius 3 is 2.54 bits per heavy atom. The molecule has 0 aromatic carbocycles. The van der Waals surface area contributed by atoms with Gasteiger partial charge in [-0.1, -0.05) is 20.3 Å². The summed E-state index contributed by atoms with van der Waals surface area (Å²) in [5, 5.41) is 4.27. The van der Waals surface area contributed by atoms with Gasteiger partial charge in [0.25, 0.3) is 0 Å². The molecular formula is C10H19N3. The first-order chi connectivity index (χ1) is 6.06. The molecule has 0 aliphatic heterocycles. The van der Waals surface area contributed by atoms with Gasteiger partial charge in [-0.15, -0.1) is 0 Å². The van der Waals surface area contributed by atoms with E-state index in [-0.39, 0.29) is 0 Å². The number of nitrogen functional groups attached to an aromatic ring is 1. The lowest BCUT2D eigenvalue weighted by Gasteiger charge is -2.18. The van der Waals surface area contributed by atoms with Crippen molar-refractivity contribution in [3.05, 3.63) is 11.8 Å². The molecule has 3 nitrogen and oxygen atoms in total. The summed E-state index contributed by atoms with van der Waals surface area (Å²) in [5.41, 5.74) is 6.75. The molecule has 1 heterocycles. The summed E-state index contributed by atoms with van der Waals surface area (Å²) in [4.78, 5) is 0. The molecule has 0 aliphatic carbocycles. The van der Waals surface area contributed by atoms with Gasteiger partial charge < -0.3 is 5.73 Å². The highest BCUT2D eigenvalue weighted by Crippen LogP contribution is 2.21. The van der Waals surface area contributed by atoms with E-state index in [2.05, 4.69) is 25.9 Å². The maximum Gasteiger partial charge on any atom is 0.148 e. The Balaban J connectivity index is 2.82. The van der Waals surface area contributed by atoms with Crippen LogP contribution in [0.4, 0.5) is 5.82 Å². The van der Waals surface area contributed by atoms with Gasteiger partial charge in [-0.05, 0) is 19.8 Å². The van der Waals surface area contributed by atoms with Crippen LogP contribution in [0.25, 0.3) is 0 Å². The van der Waals surface area contributed by atoms with Crippen molar-refractivity contribution in [1.82, 2.24) is 9.78 Å². The number of anilines is 1. The smallest absolute Gasteiger partial charge is 0.148 e. The van der Waals surface area contributed by atoms with Crippen molar-refractivity contribution in [3.8, 4) is 0 Å². The quantitative estimate of drug-likeness (QED) is 0.778. The first kappa shape index (κ1) is 10.1. The van der Waals surface area contributed by atoms with Gasteiger partial charge >= 0.3 is 0 Å². The fourth-order valence-electron chi connectivity index (χ4n) is 1.31. The van der Waals surface area contributed by atoms with Crippen LogP contribution in [0, 0.1) is 12.8 Å². The number of aryl methyl sites for hydroxylation is 1. The number of nitrogens with zero attached hydrogens (tertiary/aromatic N) is 2. The van der Waals surface area contributed by atoms with Crippen LogP contribution in [0.15, 0.2) is 6.20 Å². The minimum atomic E-state index is 0.431. The highest BCUT2D eigenvalue weighted by atomic mass is 15.3. The van der Waals surface area contributed by atoms with Gasteiger partial charge in [0.2, 0.25) is 0 Å². The molecule has 0 fully saturated rings. The zero-order valence-electron chi connectivity index (χ0n) is 8.91. The summed E-state index contributed by atoms with van der Waals surface area (Å²) < 4.78 is 1.97. The highest BCUT2D eigenvalue weighted by molar-refractivity contribution is 5.35. The van der Waals surface area contributed by atoms with Gasteiger partial charge in [-0.3, -0.25) is 4.68 Å². The van der Waals surface area contributed by atoms with Crippen molar-refractivity contribution >= 4 is 5.82 Å². The Morgan fingerprint density at radius 2 is 2.15 bits per heavy atom. The summed E-state index contributed by atoms with van der Waals surface area (Å²) >= 11 is 0. The molecule has 0 saturated heterocycles. The summed E-state index contributed by atoms with van der Waals surface area (Å²) in [6.45, 7) is 8.60. The molecule has 1 aromatic rings. The third-order valence-electron chi connectivity index (χ3n) is 2.84. The van der Waals surface area contributed by atoms with Crippen LogP contribution in [0.2, 0.25) is 0 Å². The zero-order valence-corrected chi connectivity index (χ0v) is 8.91. The molecule has 0 spiro atoms. The molecule has 0 saturated carbocycles. The van der Waals surface area contributed by atoms with E-state index in [9.17, 15) is 0 Å². The number of aromatic nitrogens is 2. The summed E-state index contributed by atoms with van der Waals surface area (Å²) in [5.74, 6) is 1.29. The highest BCUT2D eigenvalue weighted by Gasteiger charge is 2.13. The average molecular weight is 181 g/mol. The predicted octanol–water partition coefficient (Wildman–Crippen LogP) is 2.38. The minimum Gasteiger partial charge on any atom is -0.382 e. The molecule has 74 valence electrons. The lowest BCUT2D eigenvalue weighted by molar-refractivity contribution is 0.344. The largest absolute Gasteiger partial charge is 0.382 e. The van der Waals surface area contributed by atoms with E-state index in [0.717, 1.165) is 5.56 Å². The van der Waals surface area contributed by atoms with Crippen LogP contribution < -0.4 is 5.73 Å². The standard InChI is InChI=1S/C10H19N3/c1-5-7(2)9(4)13-6-8(3)10(11)12-13/h6-7,9H,5H2,1-4H3,(H2,11,12). The molecule has 2 unspecified atom stereocenters. The topological polar surface area (TPSA) is 43.8 Å². The molecule has 2 N–H and O–H groups in total. The van der Waals surface area contributed by atoms with E-state index in [1.165, 1.54) is 6.42 Å². The summed E-state index contributed by atoms with van der Waals surface area (Å²) in [6.07, 6.45) is 3.19. The second kappa shape index (κ2) is 3.81. The fourth-order valence-corrected chi connectivity index (χ4v) is 1.31. The lowest BCUT2D eigenvalue weighted by atomic mass is 10.0. The number of nitrogens with two attached hydrogens (primary N) is 1. The first-order valence-electron chi connectivity index (χ1n) is 4.87. The molecular weight excluding hydrogens is 162 g/mol. The molecule has 3 heteroatoms. The Kier molecular flexibility index (Phi) is 2.96. The molecule has 0 bridgehead atoms. The third kappa shape index (κ3) is 2.02. The lowest BCUT2D eigenvalue weighted by Crippen LogP contribution is -2.14. The maximum atomic E-state index is 5.69. The van der Waals surface area contributed by atoms with Gasteiger partial charge in [0, 0.05) is 11.8 Å². The molecule has 0 amide bonds. The first-order valence-corrected chi connectivity index (χ1v) is 4.87. The van der Waals surface area contributed by atoms with E-state index < -0.39 is 0 Å². The van der Waals surface area contributed by atoms with E-state index in [0.29, 0.717) is 17.8 Å². The molecule has 0 radical (unpaired) electrons. The van der Waals surface area contributed by atoms with Crippen LogP contribution in [0.1, 0.15) is 38.8 Å². The monoisotopic (exact) mass is 181 g/mol. The second-order valence-electron chi connectivity index (χ2n) is 3.80. The van der Waals surface area contributed by atoms with Gasteiger partial charge in [0.1, 0.15) is 5.82 Å². The zero-order chi connectivity index (χ0) is 10.0. The molecule has 13 heavy (non-hydrogen) atoms. The average Bonchev–Trinajstić information content (AvgIpc) is 2.44. The normalized spacial score (nSPS) is 15.7. The molecule has 2 atom stereocenters. The number of rotatable bonds is 3. The Bertz CT molecular complexity index is 258. The Hall–Kier alpha value is -0.990. The van der Waals surface area contributed by atoms with E-state index in [4.69, 9.17) is 5.73 Å². The van der Waals surface area contributed by atoms with Crippen LogP contribution in [0.3, 0.4) is 0 Å². The van der Waals surface area contributed by atoms with Gasteiger partial charge in [-0.2, -0.15) is 5.10 Å². The van der Waals surface area contributed by atoms with Crippen LogP contribution in [-0.4, -0.2) is 9.78 Å². The van der Waals surface area contributed by atoms with Crippen molar-refractivity contribution in [2.45, 2.75) is 40.2 Å². The van der Waals surface area contributed by atoms with Crippen molar-refractivity contribution in [1.29, 1.82) is 0 Å².